The van der Waals surface area contributed by atoms with Crippen LogP contribution in [0.1, 0.15) is 40.0 Å². The average molecular weight is 320 g/mol. The molecule has 0 unspecified atom stereocenters. The average Bonchev–Trinajstić information content (AvgIpc) is 2.84. The smallest absolute Gasteiger partial charge is 0.251 e. The van der Waals surface area contributed by atoms with Crippen molar-refractivity contribution in [2.24, 2.45) is 7.05 Å². The van der Waals surface area contributed by atoms with E-state index < -0.39 is 0 Å². The highest BCUT2D eigenvalue weighted by molar-refractivity contribution is 5.99. The maximum atomic E-state index is 12.5. The fourth-order valence-corrected chi connectivity index (χ4v) is 3.14. The minimum Gasteiger partial charge on any atom is -0.351 e. The molecule has 3 aromatic rings. The Kier molecular flexibility index (Phi) is 4.43. The van der Waals surface area contributed by atoms with Crippen molar-refractivity contribution < 1.29 is 4.79 Å². The van der Waals surface area contributed by atoms with Gasteiger partial charge in [-0.15, -0.1) is 0 Å². The third kappa shape index (κ3) is 2.94. The summed E-state index contributed by atoms with van der Waals surface area (Å²) in [5.74, 6) is 0.278. The summed E-state index contributed by atoms with van der Waals surface area (Å²) in [5, 5.41) is 4.21. The van der Waals surface area contributed by atoms with Gasteiger partial charge < -0.3 is 9.88 Å². The quantitative estimate of drug-likeness (QED) is 0.763. The predicted molar refractivity (Wildman–Crippen MR) is 99.6 cm³/mol. The van der Waals surface area contributed by atoms with Crippen LogP contribution < -0.4 is 5.32 Å². The van der Waals surface area contributed by atoms with E-state index in [-0.39, 0.29) is 5.91 Å². The molecule has 3 heteroatoms. The number of carbonyl (C=O) groups excluding carboxylic acids is 1. The Labute approximate surface area is 143 Å². The van der Waals surface area contributed by atoms with Crippen molar-refractivity contribution in [2.45, 2.75) is 26.7 Å². The van der Waals surface area contributed by atoms with E-state index in [1.54, 1.807) is 0 Å². The highest BCUT2D eigenvalue weighted by atomic mass is 16.1. The number of benzene rings is 2. The molecule has 1 aromatic heterocycles. The molecular weight excluding hydrogens is 296 g/mol. The van der Waals surface area contributed by atoms with E-state index in [1.165, 1.54) is 22.3 Å². The van der Waals surface area contributed by atoms with Crippen molar-refractivity contribution >= 4 is 16.8 Å². The number of hydrogen-bond acceptors (Lipinski definition) is 1. The lowest BCUT2D eigenvalue weighted by Gasteiger charge is -2.13. The zero-order valence-corrected chi connectivity index (χ0v) is 14.8. The number of nitrogens with one attached hydrogen (secondary N) is 1. The van der Waals surface area contributed by atoms with Crippen molar-refractivity contribution in [3.05, 3.63) is 70.9 Å². The summed E-state index contributed by atoms with van der Waals surface area (Å²) >= 11 is 0. The van der Waals surface area contributed by atoms with E-state index in [1.807, 2.05) is 36.4 Å². The Bertz CT molecular complexity index is 878. The summed E-state index contributed by atoms with van der Waals surface area (Å²) in [6, 6.07) is 16.2. The van der Waals surface area contributed by atoms with E-state index >= 15 is 0 Å². The molecule has 3 nitrogen and oxygen atoms in total. The number of carbonyl (C=O) groups is 1. The van der Waals surface area contributed by atoms with Crippen LogP contribution in [-0.4, -0.2) is 17.0 Å². The minimum absolute atomic E-state index is 0.0133. The lowest BCUT2D eigenvalue weighted by molar-refractivity contribution is 0.0952. The molecular formula is C21H24N2O. The number of fused-ring (bicyclic) bond motifs is 1. The zero-order valence-electron chi connectivity index (χ0n) is 14.8. The maximum Gasteiger partial charge on any atom is 0.251 e. The van der Waals surface area contributed by atoms with Crippen LogP contribution in [0, 0.1) is 13.8 Å². The van der Waals surface area contributed by atoms with Crippen LogP contribution in [0.15, 0.2) is 48.5 Å². The minimum atomic E-state index is -0.0133. The molecule has 0 spiro atoms. The number of aryl methyl sites for hydroxylation is 2. The van der Waals surface area contributed by atoms with Crippen LogP contribution in [0.25, 0.3) is 10.9 Å². The normalized spacial score (nSPS) is 12.3. The lowest BCUT2D eigenvalue weighted by atomic mass is 10.0. The largest absolute Gasteiger partial charge is 0.351 e. The number of rotatable bonds is 4. The van der Waals surface area contributed by atoms with Crippen molar-refractivity contribution in [1.29, 1.82) is 0 Å². The topological polar surface area (TPSA) is 34.0 Å². The fraction of sp³-hybridized carbons (Fsp3) is 0.286. The lowest BCUT2D eigenvalue weighted by Crippen LogP contribution is -2.27. The third-order valence-electron chi connectivity index (χ3n) is 5.01. The predicted octanol–water partition coefficient (Wildman–Crippen LogP) is 4.33. The molecule has 0 aliphatic carbocycles. The number of hydrogen-bond donors (Lipinski definition) is 1. The molecule has 0 saturated carbocycles. The molecule has 2 aromatic carbocycles. The van der Waals surface area contributed by atoms with Gasteiger partial charge in [0.05, 0.1) is 0 Å². The van der Waals surface area contributed by atoms with Gasteiger partial charge in [-0.25, -0.2) is 0 Å². The summed E-state index contributed by atoms with van der Waals surface area (Å²) in [4.78, 5) is 12.5. The molecule has 0 aliphatic rings. The first-order valence-electron chi connectivity index (χ1n) is 8.38. The summed E-state index contributed by atoms with van der Waals surface area (Å²) < 4.78 is 2.17. The molecule has 24 heavy (non-hydrogen) atoms. The summed E-state index contributed by atoms with van der Waals surface area (Å²) in [5.41, 5.74) is 5.60. The number of aromatic nitrogens is 1. The van der Waals surface area contributed by atoms with Crippen LogP contribution in [-0.2, 0) is 7.05 Å². The second-order valence-electron chi connectivity index (χ2n) is 6.52. The van der Waals surface area contributed by atoms with Gasteiger partial charge in [0.15, 0.2) is 0 Å². The van der Waals surface area contributed by atoms with E-state index in [4.69, 9.17) is 0 Å². The SMILES string of the molecule is Cc1c(C)n(C)c2ccc(C(=O)NC[C@H](C)c3ccccc3)cc12. The van der Waals surface area contributed by atoms with Gasteiger partial charge in [0.2, 0.25) is 0 Å². The standard InChI is InChI=1S/C21H24N2O/c1-14(17-8-6-5-7-9-17)13-22-21(24)18-10-11-20-19(12-18)15(2)16(3)23(20)4/h5-12,14H,13H2,1-4H3,(H,22,24)/t14-/m0/s1. The van der Waals surface area contributed by atoms with Crippen molar-refractivity contribution in [3.8, 4) is 0 Å². The van der Waals surface area contributed by atoms with Crippen molar-refractivity contribution in [2.75, 3.05) is 6.54 Å². The molecule has 1 atom stereocenters. The van der Waals surface area contributed by atoms with Crippen LogP contribution in [0.2, 0.25) is 0 Å². The summed E-state index contributed by atoms with van der Waals surface area (Å²) in [7, 11) is 2.06. The van der Waals surface area contributed by atoms with E-state index in [0.717, 1.165) is 10.9 Å². The van der Waals surface area contributed by atoms with E-state index in [9.17, 15) is 4.79 Å². The van der Waals surface area contributed by atoms with Gasteiger partial charge in [0, 0.05) is 35.8 Å². The maximum absolute atomic E-state index is 12.5. The van der Waals surface area contributed by atoms with Crippen LogP contribution in [0.4, 0.5) is 0 Å². The van der Waals surface area contributed by atoms with Gasteiger partial charge in [0.1, 0.15) is 0 Å². The Morgan fingerprint density at radius 3 is 2.54 bits per heavy atom. The molecule has 124 valence electrons. The van der Waals surface area contributed by atoms with Gasteiger partial charge in [-0.2, -0.15) is 0 Å². The molecule has 0 saturated heterocycles. The van der Waals surface area contributed by atoms with Gasteiger partial charge >= 0.3 is 0 Å². The van der Waals surface area contributed by atoms with Gasteiger partial charge in [-0.05, 0) is 49.1 Å². The first-order valence-corrected chi connectivity index (χ1v) is 8.38. The summed E-state index contributed by atoms with van der Waals surface area (Å²) in [6.07, 6.45) is 0. The first kappa shape index (κ1) is 16.3. The van der Waals surface area contributed by atoms with E-state index in [0.29, 0.717) is 12.5 Å². The highest BCUT2D eigenvalue weighted by Crippen LogP contribution is 2.25. The molecule has 0 aliphatic heterocycles. The molecule has 1 amide bonds. The van der Waals surface area contributed by atoms with Gasteiger partial charge in [-0.1, -0.05) is 37.3 Å². The molecule has 0 fully saturated rings. The third-order valence-corrected chi connectivity index (χ3v) is 5.01. The van der Waals surface area contributed by atoms with Crippen molar-refractivity contribution in [3.63, 3.8) is 0 Å². The number of nitrogens with zero attached hydrogens (tertiary/aromatic N) is 1. The monoisotopic (exact) mass is 320 g/mol. The molecule has 1 heterocycles. The second kappa shape index (κ2) is 6.52. The Morgan fingerprint density at radius 1 is 1.12 bits per heavy atom. The zero-order chi connectivity index (χ0) is 17.3. The van der Waals surface area contributed by atoms with Crippen LogP contribution in [0.5, 0.6) is 0 Å². The molecule has 1 N–H and O–H groups in total. The Balaban J connectivity index is 1.76. The molecule has 0 radical (unpaired) electrons. The van der Waals surface area contributed by atoms with E-state index in [2.05, 4.69) is 49.8 Å². The Morgan fingerprint density at radius 2 is 1.83 bits per heavy atom. The van der Waals surface area contributed by atoms with Crippen LogP contribution in [0.3, 0.4) is 0 Å². The Hall–Kier alpha value is -2.55. The summed E-state index contributed by atoms with van der Waals surface area (Å²) in [6.45, 7) is 6.98. The number of amides is 1. The highest BCUT2D eigenvalue weighted by Gasteiger charge is 2.13. The van der Waals surface area contributed by atoms with Crippen LogP contribution >= 0.6 is 0 Å². The first-order chi connectivity index (χ1) is 11.5. The molecule has 0 bridgehead atoms. The second-order valence-corrected chi connectivity index (χ2v) is 6.52. The molecule has 3 rings (SSSR count). The fourth-order valence-electron chi connectivity index (χ4n) is 3.14. The van der Waals surface area contributed by atoms with Crippen molar-refractivity contribution in [1.82, 2.24) is 9.88 Å². The van der Waals surface area contributed by atoms with Gasteiger partial charge in [-0.3, -0.25) is 4.79 Å². The van der Waals surface area contributed by atoms with Gasteiger partial charge in [0.25, 0.3) is 5.91 Å².